The van der Waals surface area contributed by atoms with Gasteiger partial charge in [0.15, 0.2) is 0 Å². The largest absolute Gasteiger partial charge is 0.465 e. The molecule has 0 saturated carbocycles. The zero-order valence-corrected chi connectivity index (χ0v) is 14.2. The van der Waals surface area contributed by atoms with Gasteiger partial charge in [0.25, 0.3) is 0 Å². The molecule has 5 nitrogen and oxygen atoms in total. The molecule has 1 unspecified atom stereocenters. The molecule has 1 aromatic rings. The number of carbonyl (C=O) groups excluding carboxylic acids is 1. The van der Waals surface area contributed by atoms with Crippen molar-refractivity contribution in [3.63, 3.8) is 0 Å². The summed E-state index contributed by atoms with van der Waals surface area (Å²) in [5, 5.41) is 14.0. The molecule has 122 valence electrons. The van der Waals surface area contributed by atoms with Crippen molar-refractivity contribution in [1.82, 2.24) is 5.32 Å². The Morgan fingerprint density at radius 1 is 1.18 bits per heavy atom. The summed E-state index contributed by atoms with van der Waals surface area (Å²) in [6.45, 7) is 11.9. The first-order chi connectivity index (χ1) is 10.0. The molecule has 3 N–H and O–H groups in total. The molecule has 0 aliphatic heterocycles. The second kappa shape index (κ2) is 6.81. The van der Waals surface area contributed by atoms with Crippen molar-refractivity contribution in [3.8, 4) is 0 Å². The Morgan fingerprint density at radius 2 is 1.77 bits per heavy atom. The number of anilines is 1. The van der Waals surface area contributed by atoms with Crippen molar-refractivity contribution in [2.24, 2.45) is 5.92 Å². The van der Waals surface area contributed by atoms with E-state index < -0.39 is 12.1 Å². The molecule has 0 aliphatic rings. The average molecular weight is 306 g/mol. The van der Waals surface area contributed by atoms with Crippen molar-refractivity contribution in [2.75, 3.05) is 5.32 Å². The summed E-state index contributed by atoms with van der Waals surface area (Å²) in [5.74, 6) is -0.478. The van der Waals surface area contributed by atoms with E-state index in [4.69, 9.17) is 5.11 Å². The summed E-state index contributed by atoms with van der Waals surface area (Å²) in [5.41, 5.74) is 2.84. The van der Waals surface area contributed by atoms with Gasteiger partial charge in [-0.25, -0.2) is 4.79 Å². The minimum absolute atomic E-state index is 0.0262. The van der Waals surface area contributed by atoms with Gasteiger partial charge in [0.05, 0.1) is 0 Å². The fraction of sp³-hybridized carbons (Fsp3) is 0.529. The Bertz CT molecular complexity index is 560. The van der Waals surface area contributed by atoms with E-state index in [1.165, 1.54) is 0 Å². The summed E-state index contributed by atoms with van der Waals surface area (Å²) in [4.78, 5) is 23.2. The maximum absolute atomic E-state index is 12.4. The van der Waals surface area contributed by atoms with Gasteiger partial charge in [0, 0.05) is 5.69 Å². The quantitative estimate of drug-likeness (QED) is 0.796. The highest BCUT2D eigenvalue weighted by Gasteiger charge is 2.25. The molecule has 0 radical (unpaired) electrons. The first-order valence-corrected chi connectivity index (χ1v) is 7.44. The third kappa shape index (κ3) is 4.48. The summed E-state index contributed by atoms with van der Waals surface area (Å²) in [6, 6.07) is 4.99. The van der Waals surface area contributed by atoms with Gasteiger partial charge < -0.3 is 15.7 Å². The van der Waals surface area contributed by atoms with Crippen LogP contribution in [0.5, 0.6) is 0 Å². The van der Waals surface area contributed by atoms with Crippen LogP contribution in [0.2, 0.25) is 0 Å². The van der Waals surface area contributed by atoms with Crippen LogP contribution in [0.15, 0.2) is 18.2 Å². The number of carbonyl (C=O) groups is 2. The average Bonchev–Trinajstić information content (AvgIpc) is 2.36. The Balaban J connectivity index is 3.04. The van der Waals surface area contributed by atoms with Gasteiger partial charge in [-0.15, -0.1) is 0 Å². The molecule has 0 aliphatic carbocycles. The summed E-state index contributed by atoms with van der Waals surface area (Å²) in [6.07, 6.45) is -1.20. The first kappa shape index (κ1) is 18.0. The van der Waals surface area contributed by atoms with Crippen LogP contribution in [0.4, 0.5) is 10.5 Å². The monoisotopic (exact) mass is 306 g/mol. The summed E-state index contributed by atoms with van der Waals surface area (Å²) in [7, 11) is 0. The zero-order chi connectivity index (χ0) is 17.1. The van der Waals surface area contributed by atoms with Crippen LogP contribution in [0, 0.1) is 12.8 Å². The number of nitrogens with one attached hydrogen (secondary N) is 2. The van der Waals surface area contributed by atoms with Gasteiger partial charge in [-0.2, -0.15) is 0 Å². The molecule has 22 heavy (non-hydrogen) atoms. The van der Waals surface area contributed by atoms with Crippen molar-refractivity contribution >= 4 is 17.7 Å². The van der Waals surface area contributed by atoms with E-state index in [-0.39, 0.29) is 17.2 Å². The SMILES string of the molecule is Cc1c(NC(=O)C(NC(=O)O)C(C)C)cccc1C(C)(C)C. The van der Waals surface area contributed by atoms with Crippen LogP contribution in [-0.2, 0) is 10.2 Å². The van der Waals surface area contributed by atoms with Gasteiger partial charge in [-0.3, -0.25) is 4.79 Å². The number of benzene rings is 1. The van der Waals surface area contributed by atoms with Gasteiger partial charge in [0.1, 0.15) is 6.04 Å². The molecule has 1 atom stereocenters. The van der Waals surface area contributed by atoms with Crippen LogP contribution >= 0.6 is 0 Å². The van der Waals surface area contributed by atoms with Crippen LogP contribution in [0.3, 0.4) is 0 Å². The van der Waals surface area contributed by atoms with Crippen molar-refractivity contribution < 1.29 is 14.7 Å². The predicted octanol–water partition coefficient (Wildman–Crippen LogP) is 3.52. The van der Waals surface area contributed by atoms with Gasteiger partial charge in [-0.1, -0.05) is 46.8 Å². The lowest BCUT2D eigenvalue weighted by Gasteiger charge is -2.25. The Kier molecular flexibility index (Phi) is 5.58. The number of amides is 2. The van der Waals surface area contributed by atoms with E-state index in [0.717, 1.165) is 16.8 Å². The van der Waals surface area contributed by atoms with E-state index in [9.17, 15) is 9.59 Å². The topological polar surface area (TPSA) is 78.4 Å². The highest BCUT2D eigenvalue weighted by molar-refractivity contribution is 5.97. The number of carboxylic acid groups (broad SMARTS) is 1. The molecule has 0 fully saturated rings. The van der Waals surface area contributed by atoms with Crippen LogP contribution < -0.4 is 10.6 Å². The Morgan fingerprint density at radius 3 is 2.23 bits per heavy atom. The van der Waals surface area contributed by atoms with Gasteiger partial charge >= 0.3 is 6.09 Å². The number of hydrogen-bond donors (Lipinski definition) is 3. The van der Waals surface area contributed by atoms with Crippen molar-refractivity contribution in [2.45, 2.75) is 53.0 Å². The Hall–Kier alpha value is -2.04. The van der Waals surface area contributed by atoms with E-state index in [1.807, 2.05) is 25.1 Å². The number of rotatable bonds is 4. The predicted molar refractivity (Wildman–Crippen MR) is 88.3 cm³/mol. The molecular formula is C17H26N2O3. The lowest BCUT2D eigenvalue weighted by molar-refractivity contribution is -0.119. The van der Waals surface area contributed by atoms with Gasteiger partial charge in [0.2, 0.25) is 5.91 Å². The maximum atomic E-state index is 12.4. The second-order valence-corrected chi connectivity index (χ2v) is 6.89. The molecule has 0 aromatic heterocycles. The van der Waals surface area contributed by atoms with Gasteiger partial charge in [-0.05, 0) is 35.4 Å². The zero-order valence-electron chi connectivity index (χ0n) is 14.2. The molecule has 0 heterocycles. The third-order valence-electron chi connectivity index (χ3n) is 3.63. The molecule has 5 heteroatoms. The minimum atomic E-state index is -1.20. The van der Waals surface area contributed by atoms with E-state index in [0.29, 0.717) is 0 Å². The van der Waals surface area contributed by atoms with E-state index in [1.54, 1.807) is 13.8 Å². The molecule has 0 saturated heterocycles. The summed E-state index contributed by atoms with van der Waals surface area (Å²) < 4.78 is 0. The second-order valence-electron chi connectivity index (χ2n) is 6.89. The molecule has 0 bridgehead atoms. The van der Waals surface area contributed by atoms with Crippen LogP contribution in [-0.4, -0.2) is 23.1 Å². The van der Waals surface area contributed by atoms with Crippen molar-refractivity contribution in [3.05, 3.63) is 29.3 Å². The fourth-order valence-corrected chi connectivity index (χ4v) is 2.46. The minimum Gasteiger partial charge on any atom is -0.465 e. The van der Waals surface area contributed by atoms with E-state index >= 15 is 0 Å². The number of hydrogen-bond acceptors (Lipinski definition) is 2. The molecule has 0 spiro atoms. The third-order valence-corrected chi connectivity index (χ3v) is 3.63. The highest BCUT2D eigenvalue weighted by Crippen LogP contribution is 2.29. The fourth-order valence-electron chi connectivity index (χ4n) is 2.46. The van der Waals surface area contributed by atoms with Crippen molar-refractivity contribution in [1.29, 1.82) is 0 Å². The smallest absolute Gasteiger partial charge is 0.405 e. The lowest BCUT2D eigenvalue weighted by Crippen LogP contribution is -2.46. The Labute approximate surface area is 132 Å². The summed E-state index contributed by atoms with van der Waals surface area (Å²) >= 11 is 0. The highest BCUT2D eigenvalue weighted by atomic mass is 16.4. The molecule has 1 aromatic carbocycles. The normalized spacial score (nSPS) is 12.9. The lowest BCUT2D eigenvalue weighted by atomic mass is 9.83. The van der Waals surface area contributed by atoms with Crippen LogP contribution in [0.1, 0.15) is 45.7 Å². The standard InChI is InChI=1S/C17H26N2O3/c1-10(2)14(19-16(21)22)15(20)18-13-9-7-8-12(11(13)3)17(4,5)6/h7-10,14,19H,1-6H3,(H,18,20)(H,21,22). The molecule has 2 amide bonds. The first-order valence-electron chi connectivity index (χ1n) is 7.44. The maximum Gasteiger partial charge on any atom is 0.405 e. The molecule has 1 rings (SSSR count). The van der Waals surface area contributed by atoms with Crippen LogP contribution in [0.25, 0.3) is 0 Å². The van der Waals surface area contributed by atoms with E-state index in [2.05, 4.69) is 31.4 Å². The molecular weight excluding hydrogens is 280 g/mol.